The average molecular weight is 469 g/mol. The van der Waals surface area contributed by atoms with Crippen LogP contribution in [0, 0.1) is 47.0 Å². The Hall–Kier alpha value is -3.40. The van der Waals surface area contributed by atoms with Crippen molar-refractivity contribution in [3.8, 4) is 0 Å². The molecule has 1 aliphatic rings. The Balaban J connectivity index is 2.02. The summed E-state index contributed by atoms with van der Waals surface area (Å²) in [5.74, 6) is -0.311. The highest BCUT2D eigenvalue weighted by molar-refractivity contribution is 6.20. The molecule has 3 aromatic rings. The standard InChI is InChI=1S/C31H36N2O2/c1-19-14-21(3)27(22(4)15-19)32-26(18-25-12-10-9-11-13-25)33(30(35)31(7,8)29(32)34)28-23(5)16-20(2)17-24(28)6/h9-17,26H,18H2,1-8H3. The van der Waals surface area contributed by atoms with Gasteiger partial charge in [0.2, 0.25) is 11.8 Å². The van der Waals surface area contributed by atoms with E-state index in [2.05, 4.69) is 77.9 Å². The second-order valence-electron chi connectivity index (χ2n) is 10.6. The molecule has 0 aromatic heterocycles. The third-order valence-corrected chi connectivity index (χ3v) is 7.12. The van der Waals surface area contributed by atoms with Gasteiger partial charge in [0.05, 0.1) is 11.4 Å². The van der Waals surface area contributed by atoms with Crippen LogP contribution in [0.4, 0.5) is 11.4 Å². The summed E-state index contributed by atoms with van der Waals surface area (Å²) in [4.78, 5) is 32.1. The van der Waals surface area contributed by atoms with Crippen molar-refractivity contribution in [1.82, 2.24) is 0 Å². The number of hydrogen-bond acceptors (Lipinski definition) is 2. The van der Waals surface area contributed by atoms with E-state index in [-0.39, 0.29) is 11.8 Å². The molecule has 0 saturated carbocycles. The van der Waals surface area contributed by atoms with Gasteiger partial charge in [0.1, 0.15) is 11.6 Å². The fraction of sp³-hybridized carbons (Fsp3) is 0.355. The molecule has 3 aromatic carbocycles. The fourth-order valence-corrected chi connectivity index (χ4v) is 5.69. The van der Waals surface area contributed by atoms with E-state index < -0.39 is 11.6 Å². The van der Waals surface area contributed by atoms with Gasteiger partial charge in [0.25, 0.3) is 0 Å². The average Bonchev–Trinajstić information content (AvgIpc) is 2.76. The molecule has 4 rings (SSSR count). The first-order valence-electron chi connectivity index (χ1n) is 12.3. The van der Waals surface area contributed by atoms with Crippen LogP contribution in [0.1, 0.15) is 52.8 Å². The number of benzene rings is 3. The van der Waals surface area contributed by atoms with Crippen LogP contribution in [0.2, 0.25) is 0 Å². The van der Waals surface area contributed by atoms with Crippen LogP contribution in [0.3, 0.4) is 0 Å². The number of aryl methyl sites for hydroxylation is 6. The van der Waals surface area contributed by atoms with E-state index >= 15 is 0 Å². The van der Waals surface area contributed by atoms with Crippen molar-refractivity contribution >= 4 is 23.2 Å². The monoisotopic (exact) mass is 468 g/mol. The van der Waals surface area contributed by atoms with E-state index in [1.165, 1.54) is 0 Å². The number of carbonyl (C=O) groups excluding carboxylic acids is 2. The predicted molar refractivity (Wildman–Crippen MR) is 144 cm³/mol. The Morgan fingerprint density at radius 3 is 1.40 bits per heavy atom. The van der Waals surface area contributed by atoms with Crippen LogP contribution in [0.25, 0.3) is 0 Å². The Morgan fingerprint density at radius 1 is 0.657 bits per heavy atom. The van der Waals surface area contributed by atoms with Gasteiger partial charge in [-0.15, -0.1) is 0 Å². The lowest BCUT2D eigenvalue weighted by atomic mass is 9.83. The fourth-order valence-electron chi connectivity index (χ4n) is 5.69. The second-order valence-corrected chi connectivity index (χ2v) is 10.6. The molecule has 1 aliphatic heterocycles. The van der Waals surface area contributed by atoms with Gasteiger partial charge < -0.3 is 0 Å². The van der Waals surface area contributed by atoms with Gasteiger partial charge in [0, 0.05) is 6.42 Å². The summed E-state index contributed by atoms with van der Waals surface area (Å²) in [6.45, 7) is 15.9. The summed E-state index contributed by atoms with van der Waals surface area (Å²) < 4.78 is 0. The molecule has 4 heteroatoms. The zero-order valence-electron chi connectivity index (χ0n) is 22.2. The van der Waals surface area contributed by atoms with Gasteiger partial charge in [0.15, 0.2) is 0 Å². The molecular formula is C31H36N2O2. The van der Waals surface area contributed by atoms with Crippen molar-refractivity contribution in [2.75, 3.05) is 9.80 Å². The molecule has 0 aliphatic carbocycles. The quantitative estimate of drug-likeness (QED) is 0.410. The number of carbonyl (C=O) groups is 2. The second kappa shape index (κ2) is 8.99. The van der Waals surface area contributed by atoms with Gasteiger partial charge in [-0.05, 0) is 83.2 Å². The predicted octanol–water partition coefficient (Wildman–Crippen LogP) is 6.51. The molecule has 1 saturated heterocycles. The van der Waals surface area contributed by atoms with Gasteiger partial charge in [-0.2, -0.15) is 0 Å². The van der Waals surface area contributed by atoms with Crippen LogP contribution < -0.4 is 9.80 Å². The third-order valence-electron chi connectivity index (χ3n) is 7.12. The number of amides is 2. The molecule has 4 nitrogen and oxygen atoms in total. The van der Waals surface area contributed by atoms with Crippen LogP contribution >= 0.6 is 0 Å². The molecule has 0 bridgehead atoms. The summed E-state index contributed by atoms with van der Waals surface area (Å²) in [6, 6.07) is 18.6. The number of hydrogen-bond donors (Lipinski definition) is 0. The Bertz CT molecular complexity index is 1180. The smallest absolute Gasteiger partial charge is 0.243 e. The zero-order valence-corrected chi connectivity index (χ0v) is 22.2. The minimum absolute atomic E-state index is 0.155. The van der Waals surface area contributed by atoms with Gasteiger partial charge in [-0.3, -0.25) is 19.4 Å². The van der Waals surface area contributed by atoms with Crippen molar-refractivity contribution in [2.24, 2.45) is 5.41 Å². The summed E-state index contributed by atoms with van der Waals surface area (Å²) in [6.07, 6.45) is 0.0547. The summed E-state index contributed by atoms with van der Waals surface area (Å²) >= 11 is 0. The molecule has 0 radical (unpaired) electrons. The van der Waals surface area contributed by atoms with Crippen molar-refractivity contribution in [1.29, 1.82) is 0 Å². The minimum atomic E-state index is -1.19. The SMILES string of the molecule is Cc1cc(C)c(N2C(=O)C(C)(C)C(=O)N(c3c(C)cc(C)cc3C)C2Cc2ccccc2)c(C)c1. The van der Waals surface area contributed by atoms with Crippen molar-refractivity contribution in [3.05, 3.63) is 93.5 Å². The van der Waals surface area contributed by atoms with E-state index in [4.69, 9.17) is 0 Å². The Labute approximate surface area is 209 Å². The lowest BCUT2D eigenvalue weighted by Gasteiger charge is -2.50. The lowest BCUT2D eigenvalue weighted by molar-refractivity contribution is -0.141. The van der Waals surface area contributed by atoms with Gasteiger partial charge >= 0.3 is 0 Å². The van der Waals surface area contributed by atoms with Crippen LogP contribution in [0.5, 0.6) is 0 Å². The van der Waals surface area contributed by atoms with E-state index in [0.717, 1.165) is 50.3 Å². The normalized spacial score (nSPS) is 16.2. The molecule has 2 amide bonds. The van der Waals surface area contributed by atoms with Crippen LogP contribution in [-0.4, -0.2) is 18.0 Å². The number of nitrogens with zero attached hydrogens (tertiary/aromatic N) is 2. The maximum absolute atomic E-state index is 14.1. The van der Waals surface area contributed by atoms with Crippen molar-refractivity contribution in [2.45, 2.75) is 68.0 Å². The first kappa shape index (κ1) is 24.7. The van der Waals surface area contributed by atoms with E-state index in [0.29, 0.717) is 6.42 Å². The maximum atomic E-state index is 14.1. The summed E-state index contributed by atoms with van der Waals surface area (Å²) in [5, 5.41) is 0. The van der Waals surface area contributed by atoms with Gasteiger partial charge in [-0.25, -0.2) is 0 Å². The van der Waals surface area contributed by atoms with E-state index in [9.17, 15) is 9.59 Å². The number of anilines is 2. The Kier molecular flexibility index (Phi) is 6.35. The zero-order chi connectivity index (χ0) is 25.7. The first-order chi connectivity index (χ1) is 16.4. The summed E-state index contributed by atoms with van der Waals surface area (Å²) in [5.41, 5.74) is 8.15. The summed E-state index contributed by atoms with van der Waals surface area (Å²) in [7, 11) is 0. The number of rotatable bonds is 4. The molecule has 182 valence electrons. The maximum Gasteiger partial charge on any atom is 0.243 e. The topological polar surface area (TPSA) is 40.6 Å². The molecule has 0 unspecified atom stereocenters. The molecule has 0 N–H and O–H groups in total. The largest absolute Gasteiger partial charge is 0.289 e. The highest BCUT2D eigenvalue weighted by atomic mass is 16.2. The molecule has 0 atom stereocenters. The molecule has 35 heavy (non-hydrogen) atoms. The van der Waals surface area contributed by atoms with Crippen molar-refractivity contribution < 1.29 is 9.59 Å². The van der Waals surface area contributed by atoms with E-state index in [1.807, 2.05) is 28.0 Å². The minimum Gasteiger partial charge on any atom is -0.289 e. The van der Waals surface area contributed by atoms with Crippen LogP contribution in [0.15, 0.2) is 54.6 Å². The van der Waals surface area contributed by atoms with Crippen LogP contribution in [-0.2, 0) is 16.0 Å². The Morgan fingerprint density at radius 2 is 1.03 bits per heavy atom. The lowest BCUT2D eigenvalue weighted by Crippen LogP contribution is -2.68. The van der Waals surface area contributed by atoms with Crippen molar-refractivity contribution in [3.63, 3.8) is 0 Å². The molecule has 0 spiro atoms. The molecular weight excluding hydrogens is 432 g/mol. The molecule has 1 heterocycles. The van der Waals surface area contributed by atoms with E-state index in [1.54, 1.807) is 13.8 Å². The third kappa shape index (κ3) is 4.27. The first-order valence-corrected chi connectivity index (χ1v) is 12.3. The van der Waals surface area contributed by atoms with Gasteiger partial charge in [-0.1, -0.05) is 65.7 Å². The molecule has 1 fully saturated rings. The highest BCUT2D eigenvalue weighted by Gasteiger charge is 2.53. The highest BCUT2D eigenvalue weighted by Crippen LogP contribution is 2.42.